The van der Waals surface area contributed by atoms with Crippen LogP contribution in [0.25, 0.3) is 15.2 Å². The summed E-state index contributed by atoms with van der Waals surface area (Å²) < 4.78 is 2.84. The van der Waals surface area contributed by atoms with E-state index < -0.39 is 0 Å². The number of imidazole rings is 1. The Bertz CT molecular complexity index is 713. The second kappa shape index (κ2) is 3.02. The number of hydrogen-bond acceptors (Lipinski definition) is 4. The highest BCUT2D eigenvalue weighted by atomic mass is 32.1. The predicted octanol–water partition coefficient (Wildman–Crippen LogP) is 2.77. The van der Waals surface area contributed by atoms with Crippen molar-refractivity contribution in [3.63, 3.8) is 0 Å². The minimum absolute atomic E-state index is 0.119. The molecule has 0 aliphatic carbocycles. The number of thiazole rings is 1. The van der Waals surface area contributed by atoms with Crippen molar-refractivity contribution in [3.05, 3.63) is 40.2 Å². The van der Waals surface area contributed by atoms with Crippen LogP contribution >= 0.6 is 11.3 Å². The summed E-state index contributed by atoms with van der Waals surface area (Å²) >= 11 is 1.46. The molecule has 1 aromatic carbocycles. The average molecular weight is 233 g/mol. The Kier molecular flexibility index (Phi) is 1.75. The average Bonchev–Trinajstić information content (AvgIpc) is 2.72. The smallest absolute Gasteiger partial charge is 0.270 e. The number of aromatic nitrogens is 2. The summed E-state index contributed by atoms with van der Waals surface area (Å²) in [4.78, 5) is 15.5. The maximum absolute atomic E-state index is 10.6. The van der Waals surface area contributed by atoms with Crippen LogP contribution < -0.4 is 0 Å². The molecule has 0 radical (unpaired) electrons. The van der Waals surface area contributed by atoms with Crippen molar-refractivity contribution >= 4 is 32.2 Å². The molecule has 16 heavy (non-hydrogen) atoms. The van der Waals surface area contributed by atoms with E-state index in [0.29, 0.717) is 0 Å². The highest BCUT2D eigenvalue weighted by Crippen LogP contribution is 2.29. The summed E-state index contributed by atoms with van der Waals surface area (Å²) in [6, 6.07) is 4.87. The van der Waals surface area contributed by atoms with Gasteiger partial charge in [-0.2, -0.15) is 0 Å². The third kappa shape index (κ3) is 1.20. The van der Waals surface area contributed by atoms with Crippen LogP contribution in [0.3, 0.4) is 0 Å². The number of rotatable bonds is 1. The van der Waals surface area contributed by atoms with E-state index in [2.05, 4.69) is 4.98 Å². The third-order valence-electron chi connectivity index (χ3n) is 2.41. The van der Waals surface area contributed by atoms with Crippen molar-refractivity contribution in [2.24, 2.45) is 0 Å². The zero-order valence-corrected chi connectivity index (χ0v) is 9.19. The molecule has 3 aromatic rings. The number of nitrogens with zero attached hydrogens (tertiary/aromatic N) is 3. The van der Waals surface area contributed by atoms with Gasteiger partial charge in [-0.25, -0.2) is 4.98 Å². The summed E-state index contributed by atoms with van der Waals surface area (Å²) in [6.45, 7) is 1.93. The fourth-order valence-electron chi connectivity index (χ4n) is 1.72. The van der Waals surface area contributed by atoms with Crippen molar-refractivity contribution in [2.45, 2.75) is 6.92 Å². The number of aryl methyl sites for hydroxylation is 1. The zero-order valence-electron chi connectivity index (χ0n) is 8.38. The second-order valence-electron chi connectivity index (χ2n) is 3.55. The highest BCUT2D eigenvalue weighted by molar-refractivity contribution is 7.23. The largest absolute Gasteiger partial charge is 0.290 e. The van der Waals surface area contributed by atoms with Gasteiger partial charge in [0.05, 0.1) is 20.8 Å². The summed E-state index contributed by atoms with van der Waals surface area (Å²) in [5.41, 5.74) is 2.03. The monoisotopic (exact) mass is 233 g/mol. The normalized spacial score (nSPS) is 11.3. The van der Waals surface area contributed by atoms with Gasteiger partial charge in [-0.1, -0.05) is 11.3 Å². The maximum atomic E-state index is 10.6. The first-order valence-corrected chi connectivity index (χ1v) is 5.49. The van der Waals surface area contributed by atoms with Gasteiger partial charge in [0.1, 0.15) is 0 Å². The van der Waals surface area contributed by atoms with E-state index in [4.69, 9.17) is 0 Å². The van der Waals surface area contributed by atoms with Gasteiger partial charge in [0, 0.05) is 18.3 Å². The fraction of sp³-hybridized carbons (Fsp3) is 0.100. The first kappa shape index (κ1) is 9.29. The molecule has 0 spiro atoms. The molecular weight excluding hydrogens is 226 g/mol. The molecule has 0 amide bonds. The number of nitro benzene ring substituents is 1. The van der Waals surface area contributed by atoms with Gasteiger partial charge in [-0.3, -0.25) is 14.5 Å². The SMILES string of the molecule is Cc1cn2c(n1)sc1cc([N+](=O)[O-])ccc12. The van der Waals surface area contributed by atoms with Crippen molar-refractivity contribution in [1.82, 2.24) is 9.38 Å². The van der Waals surface area contributed by atoms with E-state index >= 15 is 0 Å². The van der Waals surface area contributed by atoms with Crippen LogP contribution in [-0.2, 0) is 0 Å². The van der Waals surface area contributed by atoms with E-state index in [0.717, 1.165) is 20.9 Å². The molecule has 0 fully saturated rings. The Morgan fingerprint density at radius 2 is 2.31 bits per heavy atom. The molecule has 2 aromatic heterocycles. The quantitative estimate of drug-likeness (QED) is 0.479. The third-order valence-corrected chi connectivity index (χ3v) is 3.43. The van der Waals surface area contributed by atoms with Crippen LogP contribution in [0.4, 0.5) is 5.69 Å². The molecule has 0 aliphatic rings. The highest BCUT2D eigenvalue weighted by Gasteiger charge is 2.11. The Hall–Kier alpha value is -1.95. The lowest BCUT2D eigenvalue weighted by molar-refractivity contribution is -0.384. The molecule has 80 valence electrons. The molecule has 3 rings (SSSR count). The van der Waals surface area contributed by atoms with Gasteiger partial charge in [0.15, 0.2) is 4.96 Å². The van der Waals surface area contributed by atoms with Gasteiger partial charge in [0.2, 0.25) is 0 Å². The summed E-state index contributed by atoms with van der Waals surface area (Å²) in [5.74, 6) is 0. The summed E-state index contributed by atoms with van der Waals surface area (Å²) in [5, 5.41) is 10.6. The number of nitro groups is 1. The van der Waals surface area contributed by atoms with Crippen molar-refractivity contribution in [2.75, 3.05) is 0 Å². The van der Waals surface area contributed by atoms with Gasteiger partial charge >= 0.3 is 0 Å². The number of benzene rings is 1. The Morgan fingerprint density at radius 3 is 3.06 bits per heavy atom. The molecule has 0 atom stereocenters. The van der Waals surface area contributed by atoms with E-state index in [1.807, 2.05) is 17.5 Å². The first-order valence-electron chi connectivity index (χ1n) is 4.68. The number of fused-ring (bicyclic) bond motifs is 3. The molecule has 0 saturated carbocycles. The number of hydrogen-bond donors (Lipinski definition) is 0. The first-order chi connectivity index (χ1) is 7.65. The fourth-order valence-corrected chi connectivity index (χ4v) is 2.80. The lowest BCUT2D eigenvalue weighted by Gasteiger charge is -1.91. The minimum atomic E-state index is -0.382. The van der Waals surface area contributed by atoms with Crippen LogP contribution in [0.2, 0.25) is 0 Å². The van der Waals surface area contributed by atoms with Crippen molar-refractivity contribution in [3.8, 4) is 0 Å². The predicted molar refractivity (Wildman–Crippen MR) is 62.0 cm³/mol. The molecule has 0 unspecified atom stereocenters. The molecule has 0 aliphatic heterocycles. The number of non-ortho nitro benzene ring substituents is 1. The van der Waals surface area contributed by atoms with E-state index in [-0.39, 0.29) is 10.6 Å². The van der Waals surface area contributed by atoms with Crippen LogP contribution in [0.1, 0.15) is 5.69 Å². The molecule has 0 N–H and O–H groups in total. The van der Waals surface area contributed by atoms with Crippen molar-refractivity contribution < 1.29 is 4.92 Å². The molecule has 2 heterocycles. The molecule has 6 heteroatoms. The lowest BCUT2D eigenvalue weighted by Crippen LogP contribution is -1.86. The topological polar surface area (TPSA) is 60.4 Å². The van der Waals surface area contributed by atoms with Crippen LogP contribution in [-0.4, -0.2) is 14.3 Å². The van der Waals surface area contributed by atoms with Crippen LogP contribution in [0.5, 0.6) is 0 Å². The molecular formula is C10H7N3O2S. The second-order valence-corrected chi connectivity index (χ2v) is 4.56. The lowest BCUT2D eigenvalue weighted by atomic mass is 10.3. The van der Waals surface area contributed by atoms with Crippen molar-refractivity contribution in [1.29, 1.82) is 0 Å². The van der Waals surface area contributed by atoms with Gasteiger partial charge in [-0.15, -0.1) is 0 Å². The van der Waals surface area contributed by atoms with Crippen LogP contribution in [0.15, 0.2) is 24.4 Å². The van der Waals surface area contributed by atoms with E-state index in [1.54, 1.807) is 12.1 Å². The van der Waals surface area contributed by atoms with E-state index in [9.17, 15) is 10.1 Å². The zero-order chi connectivity index (χ0) is 11.3. The van der Waals surface area contributed by atoms with Crippen LogP contribution in [0, 0.1) is 17.0 Å². The molecule has 0 saturated heterocycles. The maximum Gasteiger partial charge on any atom is 0.270 e. The minimum Gasteiger partial charge on any atom is -0.290 e. The standard InChI is InChI=1S/C10H7N3O2S/c1-6-5-12-8-3-2-7(13(14)15)4-9(8)16-10(12)11-6/h2-5H,1H3. The summed E-state index contributed by atoms with van der Waals surface area (Å²) in [6.07, 6.45) is 1.93. The Labute approximate surface area is 94.1 Å². The van der Waals surface area contributed by atoms with E-state index in [1.165, 1.54) is 17.4 Å². The molecule has 5 nitrogen and oxygen atoms in total. The van der Waals surface area contributed by atoms with Gasteiger partial charge in [-0.05, 0) is 13.0 Å². The Morgan fingerprint density at radius 1 is 1.50 bits per heavy atom. The summed E-state index contributed by atoms with van der Waals surface area (Å²) in [7, 11) is 0. The Balaban J connectivity index is 2.37. The van der Waals surface area contributed by atoms with Gasteiger partial charge < -0.3 is 0 Å². The molecule has 0 bridgehead atoms. The van der Waals surface area contributed by atoms with Gasteiger partial charge in [0.25, 0.3) is 5.69 Å².